The van der Waals surface area contributed by atoms with Gasteiger partial charge >= 0.3 is 0 Å². The molecule has 0 spiro atoms. The minimum atomic E-state index is -0.763. The van der Waals surface area contributed by atoms with Crippen LogP contribution in [0.25, 0.3) is 0 Å². The summed E-state index contributed by atoms with van der Waals surface area (Å²) >= 11 is 0. The zero-order valence-electron chi connectivity index (χ0n) is 22.2. The van der Waals surface area contributed by atoms with E-state index in [9.17, 15) is 14.4 Å². The lowest BCUT2D eigenvalue weighted by Gasteiger charge is -2.24. The maximum Gasteiger partial charge on any atom is 0.252 e. The SMILES string of the molecule is CC[C@H](C)[C@H](NC(=O)c1ccccc1C(=O)NCc1ccc(OC)cc1)C(=O)NCc1ccc(OC)cc1. The van der Waals surface area contributed by atoms with Crippen molar-refractivity contribution in [3.8, 4) is 11.5 Å². The van der Waals surface area contributed by atoms with E-state index in [0.717, 1.165) is 22.6 Å². The number of benzene rings is 3. The Kier molecular flexibility index (Phi) is 10.3. The fraction of sp³-hybridized carbons (Fsp3) is 0.300. The zero-order valence-corrected chi connectivity index (χ0v) is 22.2. The number of amides is 3. The molecule has 0 bridgehead atoms. The highest BCUT2D eigenvalue weighted by molar-refractivity contribution is 6.08. The first-order valence-electron chi connectivity index (χ1n) is 12.6. The molecule has 0 aliphatic heterocycles. The summed E-state index contributed by atoms with van der Waals surface area (Å²) in [6.45, 7) is 4.48. The number of nitrogens with one attached hydrogen (secondary N) is 3. The maximum absolute atomic E-state index is 13.3. The van der Waals surface area contributed by atoms with E-state index in [2.05, 4.69) is 16.0 Å². The van der Waals surface area contributed by atoms with E-state index in [1.807, 2.05) is 62.4 Å². The van der Waals surface area contributed by atoms with Crippen LogP contribution in [0.5, 0.6) is 11.5 Å². The molecule has 3 rings (SSSR count). The molecule has 0 aliphatic rings. The minimum Gasteiger partial charge on any atom is -0.497 e. The molecular weight excluding hydrogens is 482 g/mol. The smallest absolute Gasteiger partial charge is 0.252 e. The highest BCUT2D eigenvalue weighted by Crippen LogP contribution is 2.15. The van der Waals surface area contributed by atoms with Crippen molar-refractivity contribution in [2.75, 3.05) is 14.2 Å². The topological polar surface area (TPSA) is 106 Å². The van der Waals surface area contributed by atoms with E-state index >= 15 is 0 Å². The second-order valence-corrected chi connectivity index (χ2v) is 8.98. The second kappa shape index (κ2) is 13.8. The van der Waals surface area contributed by atoms with Crippen LogP contribution in [0.2, 0.25) is 0 Å². The Balaban J connectivity index is 1.67. The van der Waals surface area contributed by atoms with Crippen LogP contribution in [0.15, 0.2) is 72.8 Å². The molecule has 0 saturated heterocycles. The van der Waals surface area contributed by atoms with Gasteiger partial charge in [0.1, 0.15) is 17.5 Å². The highest BCUT2D eigenvalue weighted by atomic mass is 16.5. The summed E-state index contributed by atoms with van der Waals surface area (Å²) in [5, 5.41) is 8.62. The Hall–Kier alpha value is -4.33. The third kappa shape index (κ3) is 7.59. The Labute approximate surface area is 223 Å². The summed E-state index contributed by atoms with van der Waals surface area (Å²) in [4.78, 5) is 39.4. The van der Waals surface area contributed by atoms with Crippen LogP contribution in [0.3, 0.4) is 0 Å². The summed E-state index contributed by atoms with van der Waals surface area (Å²) in [5.74, 6) is 0.194. The molecule has 200 valence electrons. The lowest BCUT2D eigenvalue weighted by atomic mass is 9.97. The van der Waals surface area contributed by atoms with Gasteiger partial charge in [-0.1, -0.05) is 56.7 Å². The monoisotopic (exact) mass is 517 g/mol. The number of hydrogen-bond acceptors (Lipinski definition) is 5. The summed E-state index contributed by atoms with van der Waals surface area (Å²) in [6, 6.07) is 20.6. The van der Waals surface area contributed by atoms with Gasteiger partial charge in [0, 0.05) is 13.1 Å². The van der Waals surface area contributed by atoms with Crippen LogP contribution in [0.4, 0.5) is 0 Å². The van der Waals surface area contributed by atoms with Crippen LogP contribution in [0.1, 0.15) is 52.1 Å². The molecule has 0 fully saturated rings. The third-order valence-corrected chi connectivity index (χ3v) is 6.44. The van der Waals surface area contributed by atoms with Gasteiger partial charge in [0.25, 0.3) is 11.8 Å². The summed E-state index contributed by atoms with van der Waals surface area (Å²) in [5.41, 5.74) is 2.25. The van der Waals surface area contributed by atoms with E-state index < -0.39 is 11.9 Å². The van der Waals surface area contributed by atoms with Gasteiger partial charge in [0.2, 0.25) is 5.91 Å². The lowest BCUT2D eigenvalue weighted by molar-refractivity contribution is -0.124. The number of hydrogen-bond donors (Lipinski definition) is 3. The first-order chi connectivity index (χ1) is 18.4. The first kappa shape index (κ1) is 28.2. The largest absolute Gasteiger partial charge is 0.497 e. The number of ether oxygens (including phenoxy) is 2. The van der Waals surface area contributed by atoms with Crippen LogP contribution in [-0.4, -0.2) is 38.0 Å². The fourth-order valence-electron chi connectivity index (χ4n) is 3.86. The van der Waals surface area contributed by atoms with Gasteiger partial charge in [0.15, 0.2) is 0 Å². The van der Waals surface area contributed by atoms with E-state index in [0.29, 0.717) is 19.5 Å². The van der Waals surface area contributed by atoms with Crippen molar-refractivity contribution >= 4 is 17.7 Å². The van der Waals surface area contributed by atoms with Crippen molar-refractivity contribution in [1.29, 1.82) is 0 Å². The highest BCUT2D eigenvalue weighted by Gasteiger charge is 2.27. The maximum atomic E-state index is 13.3. The van der Waals surface area contributed by atoms with Crippen LogP contribution >= 0.6 is 0 Å². The number of methoxy groups -OCH3 is 2. The van der Waals surface area contributed by atoms with E-state index in [1.165, 1.54) is 0 Å². The lowest BCUT2D eigenvalue weighted by Crippen LogP contribution is -2.50. The van der Waals surface area contributed by atoms with Crippen molar-refractivity contribution in [2.45, 2.75) is 39.4 Å². The van der Waals surface area contributed by atoms with E-state index in [1.54, 1.807) is 38.5 Å². The van der Waals surface area contributed by atoms with Crippen LogP contribution < -0.4 is 25.4 Å². The molecule has 3 aromatic rings. The van der Waals surface area contributed by atoms with Gasteiger partial charge in [-0.05, 0) is 53.4 Å². The molecule has 3 aromatic carbocycles. The quantitative estimate of drug-likeness (QED) is 0.336. The first-order valence-corrected chi connectivity index (χ1v) is 12.6. The van der Waals surface area contributed by atoms with Gasteiger partial charge in [0.05, 0.1) is 25.3 Å². The summed E-state index contributed by atoms with van der Waals surface area (Å²) < 4.78 is 10.3. The Morgan fingerprint density at radius 1 is 0.711 bits per heavy atom. The number of rotatable bonds is 12. The van der Waals surface area contributed by atoms with E-state index in [4.69, 9.17) is 9.47 Å². The van der Waals surface area contributed by atoms with Crippen molar-refractivity contribution < 1.29 is 23.9 Å². The van der Waals surface area contributed by atoms with Gasteiger partial charge in [-0.3, -0.25) is 14.4 Å². The molecular formula is C30H35N3O5. The predicted molar refractivity (Wildman–Crippen MR) is 146 cm³/mol. The van der Waals surface area contributed by atoms with Crippen LogP contribution in [0, 0.1) is 5.92 Å². The Morgan fingerprint density at radius 2 is 1.18 bits per heavy atom. The molecule has 8 heteroatoms. The van der Waals surface area contributed by atoms with Crippen molar-refractivity contribution in [2.24, 2.45) is 5.92 Å². The van der Waals surface area contributed by atoms with Crippen molar-refractivity contribution in [3.63, 3.8) is 0 Å². The average Bonchev–Trinajstić information content (AvgIpc) is 2.97. The second-order valence-electron chi connectivity index (χ2n) is 8.98. The van der Waals surface area contributed by atoms with Gasteiger partial charge in [-0.2, -0.15) is 0 Å². The zero-order chi connectivity index (χ0) is 27.5. The third-order valence-electron chi connectivity index (χ3n) is 6.44. The van der Waals surface area contributed by atoms with Gasteiger partial charge in [-0.25, -0.2) is 0 Å². The molecule has 38 heavy (non-hydrogen) atoms. The van der Waals surface area contributed by atoms with E-state index in [-0.39, 0.29) is 28.9 Å². The van der Waals surface area contributed by atoms with Crippen molar-refractivity contribution in [3.05, 3.63) is 95.1 Å². The molecule has 2 atom stereocenters. The molecule has 0 heterocycles. The molecule has 8 nitrogen and oxygen atoms in total. The van der Waals surface area contributed by atoms with Crippen molar-refractivity contribution in [1.82, 2.24) is 16.0 Å². The molecule has 3 amide bonds. The Morgan fingerprint density at radius 3 is 1.66 bits per heavy atom. The van der Waals surface area contributed by atoms with Crippen LogP contribution in [-0.2, 0) is 17.9 Å². The standard InChI is InChI=1S/C30H35N3O5/c1-5-20(2)27(30(36)32-19-22-12-16-24(38-4)17-13-22)33-29(35)26-9-7-6-8-25(26)28(34)31-18-21-10-14-23(37-3)15-11-21/h6-17,20,27H,5,18-19H2,1-4H3,(H,31,34)(H,32,36)(H,33,35)/t20-,27-/m0/s1. The predicted octanol–water partition coefficient (Wildman–Crippen LogP) is 4.09. The molecule has 3 N–H and O–H groups in total. The normalized spacial score (nSPS) is 12.1. The minimum absolute atomic E-state index is 0.120. The Bertz CT molecular complexity index is 1230. The molecule has 0 radical (unpaired) electrons. The molecule has 0 aromatic heterocycles. The summed E-state index contributed by atoms with van der Waals surface area (Å²) in [7, 11) is 3.19. The molecule has 0 unspecified atom stereocenters. The molecule has 0 saturated carbocycles. The van der Waals surface area contributed by atoms with Gasteiger partial charge < -0.3 is 25.4 Å². The fourth-order valence-corrected chi connectivity index (χ4v) is 3.86. The summed E-state index contributed by atoms with van der Waals surface area (Å²) in [6.07, 6.45) is 0.685. The average molecular weight is 518 g/mol. The molecule has 0 aliphatic carbocycles. The number of carbonyl (C=O) groups is 3. The van der Waals surface area contributed by atoms with Gasteiger partial charge in [-0.15, -0.1) is 0 Å². The number of carbonyl (C=O) groups excluding carboxylic acids is 3.